The van der Waals surface area contributed by atoms with Crippen molar-refractivity contribution < 1.29 is 14.3 Å². The van der Waals surface area contributed by atoms with E-state index in [1.165, 1.54) is 19.8 Å². The summed E-state index contributed by atoms with van der Waals surface area (Å²) < 4.78 is 5.69. The van der Waals surface area contributed by atoms with Crippen LogP contribution >= 0.6 is 0 Å². The predicted molar refractivity (Wildman–Crippen MR) is 105 cm³/mol. The second kappa shape index (κ2) is 8.71. The first-order valence-corrected chi connectivity index (χ1v) is 9.37. The smallest absolute Gasteiger partial charge is 0.261 e. The van der Waals surface area contributed by atoms with Crippen LogP contribution in [-0.4, -0.2) is 29.4 Å². The molecular weight excluding hydrogens is 340 g/mol. The predicted octanol–water partition coefficient (Wildman–Crippen LogP) is 3.85. The molecule has 27 heavy (non-hydrogen) atoms. The molecule has 0 aliphatic heterocycles. The van der Waals surface area contributed by atoms with Gasteiger partial charge in [0.05, 0.1) is 0 Å². The lowest BCUT2D eigenvalue weighted by Gasteiger charge is -2.29. The monoisotopic (exact) mass is 366 g/mol. The average molecular weight is 366 g/mol. The molecule has 0 spiro atoms. The van der Waals surface area contributed by atoms with Gasteiger partial charge in [0, 0.05) is 25.2 Å². The number of hydrogen-bond acceptors (Lipinski definition) is 3. The Morgan fingerprint density at radius 3 is 2.37 bits per heavy atom. The van der Waals surface area contributed by atoms with Crippen LogP contribution in [0.15, 0.2) is 54.6 Å². The molecule has 1 fully saturated rings. The van der Waals surface area contributed by atoms with Gasteiger partial charge < -0.3 is 15.0 Å². The van der Waals surface area contributed by atoms with Crippen molar-refractivity contribution in [1.82, 2.24) is 4.90 Å². The molecule has 1 atom stereocenters. The third-order valence-electron chi connectivity index (χ3n) is 4.85. The van der Waals surface area contributed by atoms with Crippen molar-refractivity contribution in [2.24, 2.45) is 5.92 Å². The van der Waals surface area contributed by atoms with E-state index in [1.54, 1.807) is 24.3 Å². The molecule has 3 rings (SSSR count). The van der Waals surface area contributed by atoms with Crippen LogP contribution in [0.25, 0.3) is 0 Å². The van der Waals surface area contributed by atoms with Gasteiger partial charge in [-0.05, 0) is 55.5 Å². The van der Waals surface area contributed by atoms with Gasteiger partial charge in [-0.1, -0.05) is 30.3 Å². The van der Waals surface area contributed by atoms with E-state index in [2.05, 4.69) is 12.2 Å². The molecule has 1 saturated carbocycles. The van der Waals surface area contributed by atoms with E-state index in [0.29, 0.717) is 23.9 Å². The maximum Gasteiger partial charge on any atom is 0.261 e. The summed E-state index contributed by atoms with van der Waals surface area (Å²) in [4.78, 5) is 25.8. The van der Waals surface area contributed by atoms with E-state index < -0.39 is 0 Å². The van der Waals surface area contributed by atoms with Crippen molar-refractivity contribution in [1.29, 1.82) is 0 Å². The fourth-order valence-corrected chi connectivity index (χ4v) is 3.14. The Kier molecular flexibility index (Phi) is 6.12. The minimum atomic E-state index is -0.121. The van der Waals surface area contributed by atoms with Crippen molar-refractivity contribution in [2.75, 3.05) is 11.9 Å². The summed E-state index contributed by atoms with van der Waals surface area (Å²) in [6.45, 7) is 4.19. The van der Waals surface area contributed by atoms with Gasteiger partial charge in [0.1, 0.15) is 5.75 Å². The minimum Gasteiger partial charge on any atom is -0.484 e. The highest BCUT2D eigenvalue weighted by Crippen LogP contribution is 2.35. The summed E-state index contributed by atoms with van der Waals surface area (Å²) in [5, 5.41) is 2.71. The number of nitrogens with one attached hydrogen (secondary N) is 1. The largest absolute Gasteiger partial charge is 0.484 e. The van der Waals surface area contributed by atoms with Gasteiger partial charge in [0.15, 0.2) is 6.61 Å². The zero-order valence-electron chi connectivity index (χ0n) is 15.9. The van der Waals surface area contributed by atoms with E-state index in [0.717, 1.165) is 5.56 Å². The number of carbonyl (C=O) groups is 2. The van der Waals surface area contributed by atoms with Gasteiger partial charge in [-0.2, -0.15) is 0 Å². The molecule has 0 bridgehead atoms. The number of rotatable bonds is 8. The summed E-state index contributed by atoms with van der Waals surface area (Å²) in [6, 6.07) is 17.3. The van der Waals surface area contributed by atoms with E-state index in [4.69, 9.17) is 4.74 Å². The van der Waals surface area contributed by atoms with Crippen LogP contribution in [-0.2, 0) is 16.1 Å². The van der Waals surface area contributed by atoms with Crippen LogP contribution in [0.4, 0.5) is 5.69 Å². The molecule has 2 amide bonds. The van der Waals surface area contributed by atoms with Gasteiger partial charge >= 0.3 is 0 Å². The normalized spacial score (nSPS) is 14.3. The highest BCUT2D eigenvalue weighted by molar-refractivity contribution is 5.88. The number of anilines is 1. The number of hydrogen-bond donors (Lipinski definition) is 1. The van der Waals surface area contributed by atoms with E-state index in [1.807, 2.05) is 35.2 Å². The van der Waals surface area contributed by atoms with Crippen molar-refractivity contribution in [3.63, 3.8) is 0 Å². The lowest BCUT2D eigenvalue weighted by Crippen LogP contribution is -2.42. The van der Waals surface area contributed by atoms with Gasteiger partial charge in [-0.3, -0.25) is 9.59 Å². The molecule has 142 valence electrons. The lowest BCUT2D eigenvalue weighted by molar-refractivity contribution is -0.136. The standard InChI is InChI=1S/C22H26N2O3/c1-16(19-8-9-19)24(14-18-6-4-3-5-7-18)22(26)15-27-21-12-10-20(11-13-21)23-17(2)25/h3-7,10-13,16,19H,8-9,14-15H2,1-2H3,(H,23,25). The quantitative estimate of drug-likeness (QED) is 0.772. The Morgan fingerprint density at radius 1 is 1.11 bits per heavy atom. The maximum absolute atomic E-state index is 12.9. The number of nitrogens with zero attached hydrogens (tertiary/aromatic N) is 1. The lowest BCUT2D eigenvalue weighted by atomic mass is 10.1. The molecule has 2 aromatic carbocycles. The molecule has 5 nitrogen and oxygen atoms in total. The molecule has 0 aromatic heterocycles. The van der Waals surface area contributed by atoms with Crippen molar-refractivity contribution >= 4 is 17.5 Å². The minimum absolute atomic E-state index is 0.00335. The van der Waals surface area contributed by atoms with Crippen molar-refractivity contribution in [3.8, 4) is 5.75 Å². The van der Waals surface area contributed by atoms with E-state index >= 15 is 0 Å². The number of amides is 2. The highest BCUT2D eigenvalue weighted by Gasteiger charge is 2.34. The summed E-state index contributed by atoms with van der Waals surface area (Å²) in [5.41, 5.74) is 1.83. The Labute approximate surface area is 160 Å². The number of carbonyl (C=O) groups excluding carboxylic acids is 2. The second-order valence-corrected chi connectivity index (χ2v) is 7.08. The first-order chi connectivity index (χ1) is 13.0. The maximum atomic E-state index is 12.9. The number of benzene rings is 2. The van der Waals surface area contributed by atoms with Crippen molar-refractivity contribution in [3.05, 3.63) is 60.2 Å². The Hall–Kier alpha value is -2.82. The summed E-state index contributed by atoms with van der Waals surface area (Å²) in [6.07, 6.45) is 2.37. The molecule has 5 heteroatoms. The highest BCUT2D eigenvalue weighted by atomic mass is 16.5. The SMILES string of the molecule is CC(=O)Nc1ccc(OCC(=O)N(Cc2ccccc2)C(C)C2CC2)cc1. The molecular formula is C22H26N2O3. The fraction of sp³-hybridized carbons (Fsp3) is 0.364. The molecule has 1 N–H and O–H groups in total. The van der Waals surface area contributed by atoms with Crippen LogP contribution in [0.3, 0.4) is 0 Å². The molecule has 0 radical (unpaired) electrons. The topological polar surface area (TPSA) is 58.6 Å². The van der Waals surface area contributed by atoms with E-state index in [9.17, 15) is 9.59 Å². The fourth-order valence-electron chi connectivity index (χ4n) is 3.14. The Bertz CT molecular complexity index is 770. The summed E-state index contributed by atoms with van der Waals surface area (Å²) in [7, 11) is 0. The molecule has 0 heterocycles. The molecule has 1 unspecified atom stereocenters. The van der Waals surface area contributed by atoms with Gasteiger partial charge in [-0.15, -0.1) is 0 Å². The summed E-state index contributed by atoms with van der Waals surface area (Å²) >= 11 is 0. The van der Waals surface area contributed by atoms with Gasteiger partial charge in [0.2, 0.25) is 5.91 Å². The van der Waals surface area contributed by atoms with E-state index in [-0.39, 0.29) is 24.5 Å². The zero-order chi connectivity index (χ0) is 19.2. The van der Waals surface area contributed by atoms with Crippen LogP contribution in [0, 0.1) is 5.92 Å². The molecule has 2 aromatic rings. The first kappa shape index (κ1) is 19.0. The van der Waals surface area contributed by atoms with Crippen LogP contribution in [0.2, 0.25) is 0 Å². The Morgan fingerprint density at radius 2 is 1.78 bits per heavy atom. The number of ether oxygens (including phenoxy) is 1. The zero-order valence-corrected chi connectivity index (χ0v) is 15.9. The second-order valence-electron chi connectivity index (χ2n) is 7.08. The van der Waals surface area contributed by atoms with Crippen LogP contribution in [0.1, 0.15) is 32.3 Å². The summed E-state index contributed by atoms with van der Waals surface area (Å²) in [5.74, 6) is 1.07. The third-order valence-corrected chi connectivity index (χ3v) is 4.85. The average Bonchev–Trinajstić information content (AvgIpc) is 3.50. The Balaban J connectivity index is 1.61. The first-order valence-electron chi connectivity index (χ1n) is 9.37. The molecule has 0 saturated heterocycles. The third kappa shape index (κ3) is 5.58. The van der Waals surface area contributed by atoms with Crippen LogP contribution in [0.5, 0.6) is 5.75 Å². The van der Waals surface area contributed by atoms with Crippen molar-refractivity contribution in [2.45, 2.75) is 39.3 Å². The van der Waals surface area contributed by atoms with Crippen LogP contribution < -0.4 is 10.1 Å². The molecule has 1 aliphatic carbocycles. The molecule has 1 aliphatic rings. The van der Waals surface area contributed by atoms with Gasteiger partial charge in [-0.25, -0.2) is 0 Å². The van der Waals surface area contributed by atoms with Gasteiger partial charge in [0.25, 0.3) is 5.91 Å².